The largest absolute Gasteiger partial charge is 0.482 e. The first kappa shape index (κ1) is 23.8. The molecule has 0 radical (unpaired) electrons. The molecule has 0 heterocycles. The summed E-state index contributed by atoms with van der Waals surface area (Å²) < 4.78 is 48.0. The van der Waals surface area contributed by atoms with Gasteiger partial charge in [-0.25, -0.2) is 4.79 Å². The number of halogens is 3. The van der Waals surface area contributed by atoms with Gasteiger partial charge in [0.2, 0.25) is 0 Å². The van der Waals surface area contributed by atoms with Gasteiger partial charge in [-0.3, -0.25) is 4.79 Å². The van der Waals surface area contributed by atoms with E-state index in [4.69, 9.17) is 9.47 Å². The molecular weight excluding hydrogens is 417 g/mol. The highest BCUT2D eigenvalue weighted by Crippen LogP contribution is 2.29. The fourth-order valence-electron chi connectivity index (χ4n) is 2.59. The number of esters is 1. The van der Waals surface area contributed by atoms with Crippen LogP contribution in [-0.2, 0) is 26.9 Å². The number of hydrogen-bond acceptors (Lipinski definition) is 5. The number of carbonyl (C=O) groups excluding carboxylic acids is 2. The number of carbonyl (C=O) groups is 2. The zero-order valence-electron chi connectivity index (χ0n) is 16.8. The number of ketones is 1. The second-order valence-corrected chi connectivity index (χ2v) is 7.59. The number of aryl methyl sites for hydroxylation is 2. The van der Waals surface area contributed by atoms with Crippen molar-refractivity contribution < 1.29 is 32.2 Å². The zero-order chi connectivity index (χ0) is 22.1. The first-order chi connectivity index (χ1) is 14.2. The summed E-state index contributed by atoms with van der Waals surface area (Å²) in [6.07, 6.45) is -3.70. The van der Waals surface area contributed by atoms with Crippen molar-refractivity contribution in [1.29, 1.82) is 0 Å². The molecule has 0 unspecified atom stereocenters. The molecule has 162 valence electrons. The van der Waals surface area contributed by atoms with E-state index in [-0.39, 0.29) is 24.6 Å². The van der Waals surface area contributed by atoms with E-state index in [1.165, 1.54) is 23.9 Å². The van der Waals surface area contributed by atoms with Crippen molar-refractivity contribution in [3.05, 3.63) is 59.2 Å². The Balaban J connectivity index is 1.79. The lowest BCUT2D eigenvalue weighted by Crippen LogP contribution is -2.14. The highest BCUT2D eigenvalue weighted by molar-refractivity contribution is 8.00. The monoisotopic (exact) mass is 440 g/mol. The van der Waals surface area contributed by atoms with Crippen molar-refractivity contribution >= 4 is 23.5 Å². The normalized spacial score (nSPS) is 11.2. The number of thioether (sulfide) groups is 1. The summed E-state index contributed by atoms with van der Waals surface area (Å²) in [5.41, 5.74) is 0.833. The molecule has 0 aliphatic heterocycles. The molecule has 2 rings (SSSR count). The van der Waals surface area contributed by atoms with Crippen molar-refractivity contribution in [3.8, 4) is 5.75 Å². The van der Waals surface area contributed by atoms with E-state index < -0.39 is 17.7 Å². The standard InChI is InChI=1S/C22H23F3O4S/c1-3-28-21(27)13-29-20-11-10-19(12-15(20)2)30-14-18(26)9-6-16-4-7-17(8-5-16)22(23,24)25/h4-5,7-8,10-12H,3,6,9,13-14H2,1-2H3. The first-order valence-electron chi connectivity index (χ1n) is 9.38. The Kier molecular flexibility index (Phi) is 8.77. The van der Waals surface area contributed by atoms with Gasteiger partial charge in [0.1, 0.15) is 11.5 Å². The lowest BCUT2D eigenvalue weighted by molar-refractivity contribution is -0.145. The summed E-state index contributed by atoms with van der Waals surface area (Å²) in [5.74, 6) is 0.415. The predicted molar refractivity (Wildman–Crippen MR) is 109 cm³/mol. The van der Waals surface area contributed by atoms with E-state index in [0.29, 0.717) is 24.3 Å². The van der Waals surface area contributed by atoms with E-state index in [9.17, 15) is 22.8 Å². The van der Waals surface area contributed by atoms with Gasteiger partial charge < -0.3 is 9.47 Å². The van der Waals surface area contributed by atoms with Crippen LogP contribution in [-0.4, -0.2) is 30.7 Å². The second kappa shape index (κ2) is 11.1. The van der Waals surface area contributed by atoms with Crippen molar-refractivity contribution in [3.63, 3.8) is 0 Å². The van der Waals surface area contributed by atoms with Crippen molar-refractivity contribution in [2.45, 2.75) is 37.8 Å². The van der Waals surface area contributed by atoms with Gasteiger partial charge in [0.15, 0.2) is 6.61 Å². The molecule has 4 nitrogen and oxygen atoms in total. The molecule has 0 aliphatic carbocycles. The summed E-state index contributed by atoms with van der Waals surface area (Å²) in [4.78, 5) is 24.4. The molecule has 0 atom stereocenters. The molecule has 0 saturated heterocycles. The number of Topliss-reactive ketones (excluding diaryl/α,β-unsaturated/α-hetero) is 1. The summed E-state index contributed by atoms with van der Waals surface area (Å²) in [7, 11) is 0. The molecule has 0 aromatic heterocycles. The van der Waals surface area contributed by atoms with E-state index in [2.05, 4.69) is 0 Å². The Bertz CT molecular complexity index is 864. The summed E-state index contributed by atoms with van der Waals surface area (Å²) >= 11 is 1.38. The fraction of sp³-hybridized carbons (Fsp3) is 0.364. The Morgan fingerprint density at radius 1 is 1.07 bits per heavy atom. The van der Waals surface area contributed by atoms with Gasteiger partial charge in [-0.05, 0) is 61.7 Å². The van der Waals surface area contributed by atoms with Gasteiger partial charge in [-0.2, -0.15) is 13.2 Å². The lowest BCUT2D eigenvalue weighted by Gasteiger charge is -2.10. The molecule has 8 heteroatoms. The molecule has 0 bridgehead atoms. The summed E-state index contributed by atoms with van der Waals surface area (Å²) in [5, 5.41) is 0. The van der Waals surface area contributed by atoms with Gasteiger partial charge >= 0.3 is 12.1 Å². The molecule has 0 amide bonds. The highest BCUT2D eigenvalue weighted by atomic mass is 32.2. The van der Waals surface area contributed by atoms with Gasteiger partial charge in [0, 0.05) is 11.3 Å². The number of alkyl halides is 3. The van der Waals surface area contributed by atoms with Crippen LogP contribution < -0.4 is 4.74 Å². The molecule has 0 N–H and O–H groups in total. The van der Waals surface area contributed by atoms with E-state index in [0.717, 1.165) is 22.6 Å². The average molecular weight is 440 g/mol. The maximum Gasteiger partial charge on any atom is 0.416 e. The quantitative estimate of drug-likeness (QED) is 0.373. The summed E-state index contributed by atoms with van der Waals surface area (Å²) in [6, 6.07) is 10.3. The van der Waals surface area contributed by atoms with Gasteiger partial charge in [0.05, 0.1) is 17.9 Å². The van der Waals surface area contributed by atoms with E-state index in [1.807, 2.05) is 13.0 Å². The molecule has 2 aromatic carbocycles. The molecule has 0 aliphatic rings. The Morgan fingerprint density at radius 2 is 1.77 bits per heavy atom. The SMILES string of the molecule is CCOC(=O)COc1ccc(SCC(=O)CCc2ccc(C(F)(F)F)cc2)cc1C. The van der Waals surface area contributed by atoms with Crippen LogP contribution in [0.2, 0.25) is 0 Å². The minimum atomic E-state index is -4.36. The topological polar surface area (TPSA) is 52.6 Å². The van der Waals surface area contributed by atoms with Gasteiger partial charge in [0.25, 0.3) is 0 Å². The van der Waals surface area contributed by atoms with Gasteiger partial charge in [-0.15, -0.1) is 11.8 Å². The van der Waals surface area contributed by atoms with Gasteiger partial charge in [-0.1, -0.05) is 12.1 Å². The van der Waals surface area contributed by atoms with Crippen molar-refractivity contribution in [2.24, 2.45) is 0 Å². The Morgan fingerprint density at radius 3 is 2.37 bits per heavy atom. The third kappa shape index (κ3) is 7.74. The molecular formula is C22H23F3O4S. The number of rotatable bonds is 10. The molecule has 0 fully saturated rings. The van der Waals surface area contributed by atoms with Crippen LogP contribution in [0.1, 0.15) is 30.0 Å². The minimum absolute atomic E-state index is 0.0141. The van der Waals surface area contributed by atoms with Crippen LogP contribution in [0.4, 0.5) is 13.2 Å². The Hall–Kier alpha value is -2.48. The summed E-state index contributed by atoms with van der Waals surface area (Å²) in [6.45, 7) is 3.70. The number of benzene rings is 2. The van der Waals surface area contributed by atoms with Crippen LogP contribution in [0.5, 0.6) is 5.75 Å². The van der Waals surface area contributed by atoms with Crippen molar-refractivity contribution in [2.75, 3.05) is 19.0 Å². The maximum atomic E-state index is 12.6. The Labute approximate surface area is 177 Å². The second-order valence-electron chi connectivity index (χ2n) is 6.54. The predicted octanol–water partition coefficient (Wildman–Crippen LogP) is 5.25. The van der Waals surface area contributed by atoms with E-state index in [1.54, 1.807) is 19.1 Å². The molecule has 0 spiro atoms. The lowest BCUT2D eigenvalue weighted by atomic mass is 10.1. The van der Waals surface area contributed by atoms with E-state index >= 15 is 0 Å². The van der Waals surface area contributed by atoms with Crippen LogP contribution in [0.25, 0.3) is 0 Å². The zero-order valence-corrected chi connectivity index (χ0v) is 17.6. The average Bonchev–Trinajstić information content (AvgIpc) is 2.70. The number of hydrogen-bond donors (Lipinski definition) is 0. The van der Waals surface area contributed by atoms with Crippen LogP contribution >= 0.6 is 11.8 Å². The highest BCUT2D eigenvalue weighted by Gasteiger charge is 2.29. The fourth-order valence-corrected chi connectivity index (χ4v) is 3.49. The maximum absolute atomic E-state index is 12.6. The minimum Gasteiger partial charge on any atom is -0.482 e. The van der Waals surface area contributed by atoms with Crippen LogP contribution in [0.15, 0.2) is 47.4 Å². The van der Waals surface area contributed by atoms with Crippen molar-refractivity contribution in [1.82, 2.24) is 0 Å². The van der Waals surface area contributed by atoms with Crippen LogP contribution in [0.3, 0.4) is 0 Å². The third-order valence-corrected chi connectivity index (χ3v) is 5.22. The number of ether oxygens (including phenoxy) is 2. The van der Waals surface area contributed by atoms with Crippen LogP contribution in [0, 0.1) is 6.92 Å². The molecule has 2 aromatic rings. The first-order valence-corrected chi connectivity index (χ1v) is 10.4. The smallest absolute Gasteiger partial charge is 0.416 e. The molecule has 0 saturated carbocycles. The molecule has 30 heavy (non-hydrogen) atoms. The third-order valence-electron chi connectivity index (χ3n) is 4.17.